The zero-order valence-corrected chi connectivity index (χ0v) is 18.7. The second-order valence-electron chi connectivity index (χ2n) is 6.27. The third kappa shape index (κ3) is 5.94. The summed E-state index contributed by atoms with van der Waals surface area (Å²) in [5.74, 6) is 0. The fourth-order valence-electron chi connectivity index (χ4n) is 3.09. The fourth-order valence-corrected chi connectivity index (χ4v) is 4.04. The number of aromatic nitrogens is 1. The lowest BCUT2D eigenvalue weighted by atomic mass is 10.2. The molecule has 1 saturated heterocycles. The Labute approximate surface area is 174 Å². The van der Waals surface area contributed by atoms with Gasteiger partial charge in [-0.3, -0.25) is 4.90 Å². The molecule has 4 rings (SSSR count). The number of nitrogens with one attached hydrogen (secondary N) is 1. The molecular formula is C23H34N4S. The van der Waals surface area contributed by atoms with Crippen LogP contribution >= 0.6 is 11.3 Å². The molecule has 0 atom stereocenters. The average Bonchev–Trinajstić information content (AvgIpc) is 3.18. The zero-order valence-electron chi connectivity index (χ0n) is 17.9. The molecule has 1 fully saturated rings. The molecule has 2 aromatic carbocycles. The SMILES string of the molecule is CC.CC.Cc1ccc2nc(NCN3CCN(c4ccccc4)CC3)sc2c1. The maximum atomic E-state index is 4.67. The Bertz CT molecular complexity index is 808. The van der Waals surface area contributed by atoms with E-state index in [9.17, 15) is 0 Å². The van der Waals surface area contributed by atoms with E-state index in [1.165, 1.54) is 16.0 Å². The minimum absolute atomic E-state index is 0.863. The van der Waals surface area contributed by atoms with Crippen LogP contribution in [0, 0.1) is 6.92 Å². The van der Waals surface area contributed by atoms with Crippen molar-refractivity contribution in [2.24, 2.45) is 0 Å². The van der Waals surface area contributed by atoms with Crippen molar-refractivity contribution in [3.63, 3.8) is 0 Å². The van der Waals surface area contributed by atoms with Crippen LogP contribution in [0.3, 0.4) is 0 Å². The Morgan fingerprint density at radius 3 is 2.29 bits per heavy atom. The summed E-state index contributed by atoms with van der Waals surface area (Å²) in [5.41, 5.74) is 3.70. The molecule has 0 unspecified atom stereocenters. The van der Waals surface area contributed by atoms with Crippen molar-refractivity contribution in [1.29, 1.82) is 0 Å². The van der Waals surface area contributed by atoms with Gasteiger partial charge < -0.3 is 10.2 Å². The summed E-state index contributed by atoms with van der Waals surface area (Å²) in [4.78, 5) is 9.58. The average molecular weight is 399 g/mol. The number of benzene rings is 2. The Kier molecular flexibility index (Phi) is 9.24. The van der Waals surface area contributed by atoms with Crippen LogP contribution in [-0.4, -0.2) is 42.7 Å². The number of hydrogen-bond donors (Lipinski definition) is 1. The van der Waals surface area contributed by atoms with Crippen molar-refractivity contribution in [2.45, 2.75) is 34.6 Å². The summed E-state index contributed by atoms with van der Waals surface area (Å²) in [6.07, 6.45) is 0. The van der Waals surface area contributed by atoms with Gasteiger partial charge in [0, 0.05) is 31.9 Å². The van der Waals surface area contributed by atoms with Gasteiger partial charge in [-0.05, 0) is 36.8 Å². The largest absolute Gasteiger partial charge is 0.369 e. The molecule has 0 amide bonds. The lowest BCUT2D eigenvalue weighted by Crippen LogP contribution is -2.47. The van der Waals surface area contributed by atoms with E-state index in [0.717, 1.165) is 43.5 Å². The molecule has 0 aliphatic carbocycles. The van der Waals surface area contributed by atoms with Crippen molar-refractivity contribution in [3.8, 4) is 0 Å². The fraction of sp³-hybridized carbons (Fsp3) is 0.435. The van der Waals surface area contributed by atoms with Gasteiger partial charge in [-0.15, -0.1) is 0 Å². The van der Waals surface area contributed by atoms with Gasteiger partial charge in [0.1, 0.15) is 0 Å². The zero-order chi connectivity index (χ0) is 20.4. The molecule has 0 spiro atoms. The van der Waals surface area contributed by atoms with Gasteiger partial charge in [0.25, 0.3) is 0 Å². The smallest absolute Gasteiger partial charge is 0.184 e. The first-order valence-electron chi connectivity index (χ1n) is 10.4. The number of thiazole rings is 1. The number of anilines is 2. The molecule has 1 aliphatic rings. The predicted octanol–water partition coefficient (Wildman–Crippen LogP) is 5.85. The Hall–Kier alpha value is -2.11. The monoisotopic (exact) mass is 398 g/mol. The van der Waals surface area contributed by atoms with Gasteiger partial charge in [-0.25, -0.2) is 4.98 Å². The predicted molar refractivity (Wildman–Crippen MR) is 126 cm³/mol. The number of nitrogens with zero attached hydrogens (tertiary/aromatic N) is 3. The van der Waals surface area contributed by atoms with E-state index in [2.05, 4.69) is 75.6 Å². The second-order valence-corrected chi connectivity index (χ2v) is 7.30. The van der Waals surface area contributed by atoms with Crippen molar-refractivity contribution in [1.82, 2.24) is 9.88 Å². The van der Waals surface area contributed by atoms with E-state index in [-0.39, 0.29) is 0 Å². The van der Waals surface area contributed by atoms with Crippen LogP contribution in [0.25, 0.3) is 10.2 Å². The normalized spacial score (nSPS) is 14.0. The number of para-hydroxylation sites is 1. The van der Waals surface area contributed by atoms with Crippen LogP contribution in [0.2, 0.25) is 0 Å². The van der Waals surface area contributed by atoms with Crippen molar-refractivity contribution in [2.75, 3.05) is 43.1 Å². The molecule has 4 nitrogen and oxygen atoms in total. The van der Waals surface area contributed by atoms with Gasteiger partial charge in [0.15, 0.2) is 5.13 Å². The van der Waals surface area contributed by atoms with Gasteiger partial charge in [-0.1, -0.05) is 63.3 Å². The highest BCUT2D eigenvalue weighted by Crippen LogP contribution is 2.26. The highest BCUT2D eigenvalue weighted by atomic mass is 32.1. The highest BCUT2D eigenvalue weighted by Gasteiger charge is 2.17. The minimum atomic E-state index is 0.863. The molecule has 28 heavy (non-hydrogen) atoms. The summed E-state index contributed by atoms with van der Waals surface area (Å²) in [5, 5.41) is 4.51. The van der Waals surface area contributed by atoms with Crippen molar-refractivity contribution in [3.05, 3.63) is 54.1 Å². The van der Waals surface area contributed by atoms with Gasteiger partial charge in [-0.2, -0.15) is 0 Å². The van der Waals surface area contributed by atoms with Crippen molar-refractivity contribution < 1.29 is 0 Å². The van der Waals surface area contributed by atoms with E-state index in [1.807, 2.05) is 27.7 Å². The molecule has 0 radical (unpaired) electrons. The molecule has 2 heterocycles. The maximum Gasteiger partial charge on any atom is 0.184 e. The first kappa shape index (κ1) is 22.2. The molecule has 0 saturated carbocycles. The third-order valence-electron chi connectivity index (χ3n) is 4.49. The Morgan fingerprint density at radius 2 is 1.61 bits per heavy atom. The summed E-state index contributed by atoms with van der Waals surface area (Å²) in [7, 11) is 0. The molecule has 1 N–H and O–H groups in total. The van der Waals surface area contributed by atoms with Crippen LogP contribution < -0.4 is 10.2 Å². The van der Waals surface area contributed by atoms with E-state index < -0.39 is 0 Å². The van der Waals surface area contributed by atoms with Gasteiger partial charge in [0.2, 0.25) is 0 Å². The number of hydrogen-bond acceptors (Lipinski definition) is 5. The lowest BCUT2D eigenvalue weighted by Gasteiger charge is -2.36. The molecule has 152 valence electrons. The number of aryl methyl sites for hydroxylation is 1. The maximum absolute atomic E-state index is 4.67. The number of rotatable bonds is 4. The van der Waals surface area contributed by atoms with E-state index in [1.54, 1.807) is 11.3 Å². The molecule has 1 aromatic heterocycles. The van der Waals surface area contributed by atoms with Crippen LogP contribution in [0.5, 0.6) is 0 Å². The second kappa shape index (κ2) is 11.7. The first-order valence-corrected chi connectivity index (χ1v) is 11.2. The molecular weight excluding hydrogens is 364 g/mol. The molecule has 3 aromatic rings. The van der Waals surface area contributed by atoms with E-state index >= 15 is 0 Å². The van der Waals surface area contributed by atoms with Gasteiger partial charge >= 0.3 is 0 Å². The lowest BCUT2D eigenvalue weighted by molar-refractivity contribution is 0.275. The third-order valence-corrected chi connectivity index (χ3v) is 5.47. The molecule has 1 aliphatic heterocycles. The van der Waals surface area contributed by atoms with Gasteiger partial charge in [0.05, 0.1) is 16.9 Å². The quantitative estimate of drug-likeness (QED) is 0.597. The van der Waals surface area contributed by atoms with Crippen LogP contribution in [0.1, 0.15) is 33.3 Å². The molecule has 5 heteroatoms. The summed E-state index contributed by atoms with van der Waals surface area (Å²) in [6, 6.07) is 17.1. The summed E-state index contributed by atoms with van der Waals surface area (Å²) in [6.45, 7) is 15.3. The van der Waals surface area contributed by atoms with Crippen LogP contribution in [0.4, 0.5) is 10.8 Å². The van der Waals surface area contributed by atoms with E-state index in [4.69, 9.17) is 0 Å². The minimum Gasteiger partial charge on any atom is -0.369 e. The van der Waals surface area contributed by atoms with Crippen molar-refractivity contribution >= 4 is 32.4 Å². The highest BCUT2D eigenvalue weighted by molar-refractivity contribution is 7.22. The van der Waals surface area contributed by atoms with E-state index in [0.29, 0.717) is 0 Å². The summed E-state index contributed by atoms with van der Waals surface area (Å²) >= 11 is 1.74. The Morgan fingerprint density at radius 1 is 0.929 bits per heavy atom. The number of piperazine rings is 1. The van der Waals surface area contributed by atoms with Crippen LogP contribution in [0.15, 0.2) is 48.5 Å². The topological polar surface area (TPSA) is 31.4 Å². The summed E-state index contributed by atoms with van der Waals surface area (Å²) < 4.78 is 1.26. The number of fused-ring (bicyclic) bond motifs is 1. The first-order chi connectivity index (χ1) is 13.8. The standard InChI is InChI=1S/C19H22N4S.2C2H6/c1-15-7-8-17-18(13-15)24-19(21-17)20-14-22-9-11-23(12-10-22)16-5-3-2-4-6-16;2*1-2/h2-8,13H,9-12,14H2,1H3,(H,20,21);2*1-2H3. The Balaban J connectivity index is 0.000000660. The molecule has 0 bridgehead atoms. The van der Waals surface area contributed by atoms with Crippen LogP contribution in [-0.2, 0) is 0 Å².